The number of hydrogen-bond acceptors (Lipinski definition) is 3. The minimum absolute atomic E-state index is 0.0230. The molecule has 2 atom stereocenters. The van der Waals surface area contributed by atoms with Crippen LogP contribution < -0.4 is 5.32 Å². The lowest BCUT2D eigenvalue weighted by molar-refractivity contribution is -0.123. The summed E-state index contributed by atoms with van der Waals surface area (Å²) in [6, 6.07) is -0.533. The monoisotopic (exact) mass is 972 g/mol. The third-order valence-electron chi connectivity index (χ3n) is 15.5. The Balaban J connectivity index is 3.35. The highest BCUT2D eigenvalue weighted by Crippen LogP contribution is 2.19. The molecule has 0 aliphatic heterocycles. The molecule has 1 amide bonds. The first kappa shape index (κ1) is 68.1. The van der Waals surface area contributed by atoms with Gasteiger partial charge in [0.15, 0.2) is 0 Å². The van der Waals surface area contributed by atoms with Gasteiger partial charge in [-0.25, -0.2) is 0 Å². The molecule has 0 radical (unpaired) electrons. The number of aliphatic hydroxyl groups excluding tert-OH is 2. The Hall–Kier alpha value is -0.870. The van der Waals surface area contributed by atoms with E-state index in [4.69, 9.17) is 0 Å². The van der Waals surface area contributed by atoms with E-state index in [2.05, 4.69) is 31.3 Å². The SMILES string of the molecule is CCCCCCCCCCCCCCCCCCCC/C=C\CCCCCCCCCCCCCCCCCCCC(=O)NC(CO)C(O)CCCCCCCCCCCCCCCCCCCC. The van der Waals surface area contributed by atoms with Crippen molar-refractivity contribution in [2.45, 2.75) is 392 Å². The zero-order valence-electron chi connectivity index (χ0n) is 47.6. The highest BCUT2D eigenvalue weighted by atomic mass is 16.3. The first-order chi connectivity index (χ1) is 34.2. The van der Waals surface area contributed by atoms with Crippen LogP contribution in [0.5, 0.6) is 0 Å². The summed E-state index contributed by atoms with van der Waals surface area (Å²) < 4.78 is 0. The Morgan fingerprint density at radius 1 is 0.333 bits per heavy atom. The number of rotatable bonds is 61. The number of carbonyl (C=O) groups is 1. The minimum atomic E-state index is -0.657. The predicted molar refractivity (Wildman–Crippen MR) is 309 cm³/mol. The molecule has 0 spiro atoms. The van der Waals surface area contributed by atoms with Crippen molar-refractivity contribution >= 4 is 5.91 Å². The summed E-state index contributed by atoms with van der Waals surface area (Å²) in [7, 11) is 0. The van der Waals surface area contributed by atoms with E-state index < -0.39 is 12.1 Å². The van der Waals surface area contributed by atoms with Crippen molar-refractivity contribution in [1.29, 1.82) is 0 Å². The Kier molecular flexibility index (Phi) is 60.7. The lowest BCUT2D eigenvalue weighted by Gasteiger charge is -2.22. The van der Waals surface area contributed by atoms with E-state index in [1.807, 2.05) is 0 Å². The molecule has 412 valence electrons. The van der Waals surface area contributed by atoms with E-state index in [0.29, 0.717) is 12.8 Å². The van der Waals surface area contributed by atoms with Crippen LogP contribution in [0.4, 0.5) is 0 Å². The van der Waals surface area contributed by atoms with E-state index in [0.717, 1.165) is 25.7 Å². The summed E-state index contributed by atoms with van der Waals surface area (Å²) in [5.74, 6) is -0.0230. The molecule has 0 heterocycles. The molecule has 0 rings (SSSR count). The van der Waals surface area contributed by atoms with Crippen LogP contribution in [0.1, 0.15) is 380 Å². The quantitative estimate of drug-likeness (QED) is 0.0420. The molecule has 0 aromatic heterocycles. The van der Waals surface area contributed by atoms with Gasteiger partial charge in [-0.2, -0.15) is 0 Å². The first-order valence-corrected chi connectivity index (χ1v) is 32.4. The second kappa shape index (κ2) is 61.4. The van der Waals surface area contributed by atoms with Crippen LogP contribution in [-0.2, 0) is 4.79 Å². The summed E-state index contributed by atoms with van der Waals surface area (Å²) in [6.45, 7) is 4.41. The second-order valence-electron chi connectivity index (χ2n) is 22.5. The molecule has 0 bridgehead atoms. The zero-order chi connectivity index (χ0) is 49.9. The van der Waals surface area contributed by atoms with E-state index in [9.17, 15) is 15.0 Å². The topological polar surface area (TPSA) is 69.6 Å². The molecular formula is C65H129NO3. The maximum Gasteiger partial charge on any atom is 0.220 e. The van der Waals surface area contributed by atoms with Gasteiger partial charge in [0.05, 0.1) is 18.8 Å². The van der Waals surface area contributed by atoms with Gasteiger partial charge in [-0.1, -0.05) is 347 Å². The third kappa shape index (κ3) is 57.9. The minimum Gasteiger partial charge on any atom is -0.394 e. The van der Waals surface area contributed by atoms with Crippen LogP contribution in [0, 0.1) is 0 Å². The average molecular weight is 973 g/mol. The lowest BCUT2D eigenvalue weighted by atomic mass is 10.0. The Bertz CT molecular complexity index is 967. The molecule has 0 aliphatic carbocycles. The number of carbonyl (C=O) groups excluding carboxylic acids is 1. The van der Waals surface area contributed by atoms with Crippen LogP contribution in [0.25, 0.3) is 0 Å². The van der Waals surface area contributed by atoms with E-state index in [1.54, 1.807) is 0 Å². The van der Waals surface area contributed by atoms with Crippen molar-refractivity contribution in [3.05, 3.63) is 12.2 Å². The Labute approximate surface area is 435 Å². The van der Waals surface area contributed by atoms with Gasteiger partial charge in [-0.15, -0.1) is 0 Å². The number of hydrogen-bond donors (Lipinski definition) is 3. The first-order valence-electron chi connectivity index (χ1n) is 32.4. The van der Waals surface area contributed by atoms with E-state index in [-0.39, 0.29) is 12.5 Å². The molecule has 0 aromatic carbocycles. The van der Waals surface area contributed by atoms with Gasteiger partial charge in [0.25, 0.3) is 0 Å². The van der Waals surface area contributed by atoms with Crippen molar-refractivity contribution in [3.8, 4) is 0 Å². The van der Waals surface area contributed by atoms with Crippen LogP contribution in [-0.4, -0.2) is 34.9 Å². The van der Waals surface area contributed by atoms with Crippen LogP contribution in [0.15, 0.2) is 12.2 Å². The van der Waals surface area contributed by atoms with Gasteiger partial charge in [-0.05, 0) is 38.5 Å². The van der Waals surface area contributed by atoms with Gasteiger partial charge >= 0.3 is 0 Å². The van der Waals surface area contributed by atoms with Crippen molar-refractivity contribution in [3.63, 3.8) is 0 Å². The fourth-order valence-corrected chi connectivity index (χ4v) is 10.6. The van der Waals surface area contributed by atoms with Crippen LogP contribution >= 0.6 is 0 Å². The summed E-state index contributed by atoms with van der Waals surface area (Å²) in [5, 5.41) is 23.4. The third-order valence-corrected chi connectivity index (χ3v) is 15.5. The van der Waals surface area contributed by atoms with Gasteiger partial charge in [0, 0.05) is 6.42 Å². The van der Waals surface area contributed by atoms with Crippen molar-refractivity contribution in [2.24, 2.45) is 0 Å². The van der Waals surface area contributed by atoms with Crippen molar-refractivity contribution in [2.75, 3.05) is 6.61 Å². The summed E-state index contributed by atoms with van der Waals surface area (Å²) in [6.07, 6.45) is 81.1. The fourth-order valence-electron chi connectivity index (χ4n) is 10.6. The van der Waals surface area contributed by atoms with Gasteiger partial charge in [-0.3, -0.25) is 4.79 Å². The average Bonchev–Trinajstić information content (AvgIpc) is 3.35. The molecule has 69 heavy (non-hydrogen) atoms. The molecule has 2 unspecified atom stereocenters. The highest BCUT2D eigenvalue weighted by Gasteiger charge is 2.20. The smallest absolute Gasteiger partial charge is 0.220 e. The maximum atomic E-state index is 12.5. The molecule has 0 aromatic rings. The van der Waals surface area contributed by atoms with E-state index in [1.165, 1.54) is 327 Å². The molecular weight excluding hydrogens is 843 g/mol. The Morgan fingerprint density at radius 3 is 0.797 bits per heavy atom. The van der Waals surface area contributed by atoms with E-state index >= 15 is 0 Å². The number of allylic oxidation sites excluding steroid dienone is 2. The predicted octanol–water partition coefficient (Wildman–Crippen LogP) is 21.7. The van der Waals surface area contributed by atoms with Crippen LogP contribution in [0.3, 0.4) is 0 Å². The molecule has 3 N–H and O–H groups in total. The molecule has 0 saturated carbocycles. The molecule has 0 fully saturated rings. The summed E-state index contributed by atoms with van der Waals surface area (Å²) in [5.41, 5.74) is 0. The normalized spacial score (nSPS) is 12.7. The van der Waals surface area contributed by atoms with Crippen molar-refractivity contribution in [1.82, 2.24) is 5.32 Å². The van der Waals surface area contributed by atoms with Crippen molar-refractivity contribution < 1.29 is 15.0 Å². The molecule has 0 aliphatic rings. The number of unbranched alkanes of at least 4 members (excludes halogenated alkanes) is 52. The second-order valence-corrected chi connectivity index (χ2v) is 22.5. The van der Waals surface area contributed by atoms with Gasteiger partial charge in [0.1, 0.15) is 0 Å². The highest BCUT2D eigenvalue weighted by molar-refractivity contribution is 5.76. The van der Waals surface area contributed by atoms with Gasteiger partial charge < -0.3 is 15.5 Å². The number of aliphatic hydroxyl groups is 2. The molecule has 4 heteroatoms. The summed E-state index contributed by atoms with van der Waals surface area (Å²) >= 11 is 0. The molecule has 4 nitrogen and oxygen atoms in total. The molecule has 0 saturated heterocycles. The standard InChI is InChI=1S/C65H129NO3/c1-3-5-7-9-11-13-15-17-19-21-23-24-25-26-27-28-29-30-31-32-33-34-35-36-37-38-39-40-41-42-43-45-47-49-51-53-55-57-59-61-65(69)66-63(62-67)64(68)60-58-56-54-52-50-48-46-44-22-20-18-16-14-12-10-8-6-4-2/h32-33,63-64,67-68H,3-31,34-62H2,1-2H3,(H,66,69)/b33-32-. The maximum absolute atomic E-state index is 12.5. The Morgan fingerprint density at radius 2 is 0.551 bits per heavy atom. The summed E-state index contributed by atoms with van der Waals surface area (Å²) in [4.78, 5) is 12.5. The lowest BCUT2D eigenvalue weighted by Crippen LogP contribution is -2.45. The largest absolute Gasteiger partial charge is 0.394 e. The number of amides is 1. The zero-order valence-corrected chi connectivity index (χ0v) is 47.6. The van der Waals surface area contributed by atoms with Crippen LogP contribution in [0.2, 0.25) is 0 Å². The fraction of sp³-hybridized carbons (Fsp3) is 0.954. The number of nitrogens with one attached hydrogen (secondary N) is 1. The van der Waals surface area contributed by atoms with Gasteiger partial charge in [0.2, 0.25) is 5.91 Å².